The monoisotopic (exact) mass is 330 g/mol. The number of esters is 1. The first-order chi connectivity index (χ1) is 9.85. The van der Waals surface area contributed by atoms with Crippen molar-refractivity contribution in [3.8, 4) is 5.75 Å². The first-order valence-electron chi connectivity index (χ1n) is 5.87. The molecule has 0 saturated carbocycles. The number of benzene rings is 1. The van der Waals surface area contributed by atoms with Crippen LogP contribution in [0.25, 0.3) is 0 Å². The molecule has 1 aliphatic rings. The highest BCUT2D eigenvalue weighted by Crippen LogP contribution is 2.38. The number of aromatic hydroxyl groups is 1. The summed E-state index contributed by atoms with van der Waals surface area (Å²) in [5.74, 6) is -1.68. The second-order valence-electron chi connectivity index (χ2n) is 4.44. The number of halogens is 2. The van der Waals surface area contributed by atoms with E-state index in [2.05, 4.69) is 17.2 Å². The SMILES string of the molecule is C=C1NC(=O)N[C@@H](c2cc(Cl)c(O)c(Cl)c2)[C@H]1C(=O)OC. The predicted molar refractivity (Wildman–Crippen MR) is 77.2 cm³/mol. The number of amides is 2. The maximum atomic E-state index is 11.9. The van der Waals surface area contributed by atoms with E-state index in [-0.39, 0.29) is 21.5 Å². The van der Waals surface area contributed by atoms with Crippen LogP contribution in [0.4, 0.5) is 4.79 Å². The number of hydrogen-bond acceptors (Lipinski definition) is 4. The third kappa shape index (κ3) is 2.91. The molecule has 1 saturated heterocycles. The van der Waals surface area contributed by atoms with Gasteiger partial charge >= 0.3 is 12.0 Å². The fourth-order valence-corrected chi connectivity index (χ4v) is 2.64. The van der Waals surface area contributed by atoms with Crippen molar-refractivity contribution in [2.24, 2.45) is 5.92 Å². The van der Waals surface area contributed by atoms with Crippen molar-refractivity contribution >= 4 is 35.2 Å². The average molecular weight is 331 g/mol. The summed E-state index contributed by atoms with van der Waals surface area (Å²) in [4.78, 5) is 23.5. The second kappa shape index (κ2) is 5.83. The van der Waals surface area contributed by atoms with Crippen molar-refractivity contribution in [3.05, 3.63) is 40.0 Å². The van der Waals surface area contributed by atoms with Crippen molar-refractivity contribution in [1.29, 1.82) is 0 Å². The van der Waals surface area contributed by atoms with E-state index in [1.54, 1.807) is 0 Å². The van der Waals surface area contributed by atoms with Gasteiger partial charge in [-0.3, -0.25) is 4.79 Å². The van der Waals surface area contributed by atoms with Gasteiger partial charge in [0.05, 0.1) is 23.2 Å². The molecule has 1 aromatic carbocycles. The molecule has 0 bridgehead atoms. The maximum absolute atomic E-state index is 11.9. The molecular weight excluding hydrogens is 319 g/mol. The summed E-state index contributed by atoms with van der Waals surface area (Å²) in [5.41, 5.74) is 0.658. The number of ether oxygens (including phenoxy) is 1. The molecule has 6 nitrogen and oxygen atoms in total. The molecule has 0 spiro atoms. The van der Waals surface area contributed by atoms with Gasteiger partial charge in [-0.05, 0) is 17.7 Å². The van der Waals surface area contributed by atoms with Crippen LogP contribution in [0.1, 0.15) is 11.6 Å². The first kappa shape index (κ1) is 15.5. The smallest absolute Gasteiger partial charge is 0.319 e. The fourth-order valence-electron chi connectivity index (χ4n) is 2.13. The molecule has 112 valence electrons. The summed E-state index contributed by atoms with van der Waals surface area (Å²) in [7, 11) is 1.24. The van der Waals surface area contributed by atoms with Gasteiger partial charge in [-0.25, -0.2) is 4.79 Å². The molecule has 0 aromatic heterocycles. The van der Waals surface area contributed by atoms with Gasteiger partial charge in [0.15, 0.2) is 5.75 Å². The molecule has 2 rings (SSSR count). The third-order valence-electron chi connectivity index (χ3n) is 3.12. The van der Waals surface area contributed by atoms with Gasteiger partial charge in [0, 0.05) is 5.70 Å². The van der Waals surface area contributed by atoms with E-state index in [1.165, 1.54) is 19.2 Å². The third-order valence-corrected chi connectivity index (χ3v) is 3.70. The van der Waals surface area contributed by atoms with Crippen molar-refractivity contribution in [2.75, 3.05) is 7.11 Å². The maximum Gasteiger partial charge on any atom is 0.319 e. The van der Waals surface area contributed by atoms with E-state index in [9.17, 15) is 14.7 Å². The summed E-state index contributed by atoms with van der Waals surface area (Å²) < 4.78 is 4.72. The Balaban J connectivity index is 2.49. The molecule has 8 heteroatoms. The fraction of sp³-hybridized carbons (Fsp3) is 0.231. The zero-order chi connectivity index (χ0) is 15.7. The molecule has 1 fully saturated rings. The summed E-state index contributed by atoms with van der Waals surface area (Å²) in [6, 6.07) is 1.57. The van der Waals surface area contributed by atoms with E-state index in [4.69, 9.17) is 27.9 Å². The van der Waals surface area contributed by atoms with E-state index in [0.29, 0.717) is 5.56 Å². The van der Waals surface area contributed by atoms with Crippen LogP contribution in [-0.4, -0.2) is 24.2 Å². The molecule has 0 aliphatic carbocycles. The number of phenols is 1. The average Bonchev–Trinajstić information content (AvgIpc) is 2.42. The lowest BCUT2D eigenvalue weighted by Crippen LogP contribution is -2.51. The standard InChI is InChI=1S/C13H12Cl2N2O4/c1-5-9(12(19)21-2)10(17-13(20)16-5)6-3-7(14)11(18)8(15)4-6/h3-4,9-10,18H,1H2,2H3,(H2,16,17,20)/t9-,10-/m0/s1. The van der Waals surface area contributed by atoms with Crippen molar-refractivity contribution < 1.29 is 19.4 Å². The topological polar surface area (TPSA) is 87.7 Å². The molecule has 1 aromatic rings. The normalized spacial score (nSPS) is 21.5. The van der Waals surface area contributed by atoms with Crippen molar-refractivity contribution in [1.82, 2.24) is 10.6 Å². The summed E-state index contributed by atoms with van der Waals surface area (Å²) >= 11 is 11.7. The van der Waals surface area contributed by atoms with E-state index < -0.39 is 24.0 Å². The van der Waals surface area contributed by atoms with Gasteiger partial charge in [0.2, 0.25) is 0 Å². The van der Waals surface area contributed by atoms with E-state index in [1.807, 2.05) is 0 Å². The Morgan fingerprint density at radius 1 is 1.38 bits per heavy atom. The van der Waals surface area contributed by atoms with Crippen LogP contribution in [0.15, 0.2) is 24.4 Å². The van der Waals surface area contributed by atoms with Crippen molar-refractivity contribution in [2.45, 2.75) is 6.04 Å². The number of hydrogen-bond donors (Lipinski definition) is 3. The van der Waals surface area contributed by atoms with Crippen LogP contribution in [0, 0.1) is 5.92 Å². The highest BCUT2D eigenvalue weighted by atomic mass is 35.5. The van der Waals surface area contributed by atoms with Crippen LogP contribution in [0.5, 0.6) is 5.75 Å². The Kier molecular flexibility index (Phi) is 4.29. The lowest BCUT2D eigenvalue weighted by atomic mass is 9.89. The lowest BCUT2D eigenvalue weighted by molar-refractivity contribution is -0.145. The summed E-state index contributed by atoms with van der Waals surface area (Å²) in [5, 5.41) is 14.6. The summed E-state index contributed by atoms with van der Waals surface area (Å²) in [6.07, 6.45) is 0. The minimum absolute atomic E-state index is 0.0134. The van der Waals surface area contributed by atoms with Crippen LogP contribution in [0.3, 0.4) is 0 Å². The van der Waals surface area contributed by atoms with Crippen LogP contribution in [-0.2, 0) is 9.53 Å². The predicted octanol–water partition coefficient (Wildman–Crippen LogP) is 2.36. The largest absolute Gasteiger partial charge is 0.505 e. The number of rotatable bonds is 2. The molecule has 2 amide bonds. The highest BCUT2D eigenvalue weighted by molar-refractivity contribution is 6.37. The Hall–Kier alpha value is -1.92. The molecule has 0 unspecified atom stereocenters. The Morgan fingerprint density at radius 3 is 2.48 bits per heavy atom. The first-order valence-corrected chi connectivity index (χ1v) is 6.62. The van der Waals surface area contributed by atoms with Gasteiger partial charge in [-0.15, -0.1) is 0 Å². The minimum Gasteiger partial charge on any atom is -0.505 e. The van der Waals surface area contributed by atoms with Crippen LogP contribution >= 0.6 is 23.2 Å². The van der Waals surface area contributed by atoms with E-state index in [0.717, 1.165) is 0 Å². The molecule has 2 atom stereocenters. The van der Waals surface area contributed by atoms with E-state index >= 15 is 0 Å². The zero-order valence-corrected chi connectivity index (χ0v) is 12.5. The van der Waals surface area contributed by atoms with Gasteiger partial charge in [0.1, 0.15) is 5.92 Å². The summed E-state index contributed by atoms with van der Waals surface area (Å²) in [6.45, 7) is 3.67. The number of methoxy groups -OCH3 is 1. The number of nitrogens with one attached hydrogen (secondary N) is 2. The van der Waals surface area contributed by atoms with Gasteiger partial charge in [0.25, 0.3) is 0 Å². The van der Waals surface area contributed by atoms with Crippen LogP contribution < -0.4 is 10.6 Å². The van der Waals surface area contributed by atoms with Gasteiger partial charge in [-0.2, -0.15) is 0 Å². The second-order valence-corrected chi connectivity index (χ2v) is 5.25. The van der Waals surface area contributed by atoms with Gasteiger partial charge in [-0.1, -0.05) is 29.8 Å². The number of carbonyl (C=O) groups excluding carboxylic acids is 2. The number of phenolic OH excluding ortho intramolecular Hbond substituents is 1. The quantitative estimate of drug-likeness (QED) is 0.726. The molecular formula is C13H12Cl2N2O4. The Bertz CT molecular complexity index is 610. The molecule has 21 heavy (non-hydrogen) atoms. The highest BCUT2D eigenvalue weighted by Gasteiger charge is 2.39. The Morgan fingerprint density at radius 2 is 1.95 bits per heavy atom. The molecule has 0 radical (unpaired) electrons. The number of carbonyl (C=O) groups is 2. The molecule has 1 heterocycles. The zero-order valence-electron chi connectivity index (χ0n) is 10.9. The molecule has 1 aliphatic heterocycles. The Labute approximate surface area is 130 Å². The lowest BCUT2D eigenvalue weighted by Gasteiger charge is -2.33. The number of urea groups is 1. The van der Waals surface area contributed by atoms with Crippen molar-refractivity contribution in [3.63, 3.8) is 0 Å². The van der Waals surface area contributed by atoms with Gasteiger partial charge < -0.3 is 20.5 Å². The molecule has 3 N–H and O–H groups in total. The minimum atomic E-state index is -0.843. The van der Waals surface area contributed by atoms with Crippen LogP contribution in [0.2, 0.25) is 10.0 Å².